The highest BCUT2D eigenvalue weighted by molar-refractivity contribution is 9.10. The molecule has 0 saturated heterocycles. The number of aryl methyl sites for hydroxylation is 4. The standard InChI is InChI=1S/C28H32BrN3S/c1-15-11-23(29)12-16(2)24(15)25-17(3)33-28-26(31-18(4)32-27(25)28)22-13-20-7-5-19(9-10-30)6-8-21(20)14-22/h11-12,19-22H,5-9,13-14H2,1-4H3. The molecule has 2 saturated carbocycles. The van der Waals surface area contributed by atoms with Gasteiger partial charge in [0.2, 0.25) is 0 Å². The Morgan fingerprint density at radius 1 is 0.970 bits per heavy atom. The smallest absolute Gasteiger partial charge is 0.126 e. The van der Waals surface area contributed by atoms with Gasteiger partial charge in [0.25, 0.3) is 0 Å². The number of thiophene rings is 1. The molecular formula is C28H32BrN3S. The second kappa shape index (κ2) is 9.12. The molecule has 2 unspecified atom stereocenters. The number of nitriles is 1. The van der Waals surface area contributed by atoms with Crippen molar-refractivity contribution < 1.29 is 0 Å². The maximum Gasteiger partial charge on any atom is 0.126 e. The Hall–Kier alpha value is -1.77. The summed E-state index contributed by atoms with van der Waals surface area (Å²) in [6.07, 6.45) is 8.25. The van der Waals surface area contributed by atoms with E-state index >= 15 is 0 Å². The Morgan fingerprint density at radius 3 is 2.21 bits per heavy atom. The highest BCUT2D eigenvalue weighted by Crippen LogP contribution is 2.51. The Balaban J connectivity index is 1.53. The summed E-state index contributed by atoms with van der Waals surface area (Å²) in [5.74, 6) is 3.63. The van der Waals surface area contributed by atoms with Crippen molar-refractivity contribution in [1.29, 1.82) is 5.26 Å². The van der Waals surface area contributed by atoms with Crippen molar-refractivity contribution in [3.8, 4) is 17.2 Å². The molecule has 2 aliphatic rings. The maximum absolute atomic E-state index is 9.12. The Labute approximate surface area is 209 Å². The minimum atomic E-state index is 0.537. The third kappa shape index (κ3) is 4.26. The summed E-state index contributed by atoms with van der Waals surface area (Å²) in [7, 11) is 0. The van der Waals surface area contributed by atoms with Crippen LogP contribution in [0, 0.1) is 56.8 Å². The minimum Gasteiger partial charge on any atom is -0.236 e. The molecule has 33 heavy (non-hydrogen) atoms. The first-order chi connectivity index (χ1) is 15.9. The molecular weight excluding hydrogens is 490 g/mol. The zero-order chi connectivity index (χ0) is 23.3. The monoisotopic (exact) mass is 521 g/mol. The summed E-state index contributed by atoms with van der Waals surface area (Å²) in [5, 5.41) is 9.12. The lowest BCUT2D eigenvalue weighted by atomic mass is 9.92. The molecule has 3 aromatic rings. The Bertz CT molecular complexity index is 1220. The van der Waals surface area contributed by atoms with E-state index in [-0.39, 0.29) is 0 Å². The Morgan fingerprint density at radius 2 is 1.61 bits per heavy atom. The first-order valence-electron chi connectivity index (χ1n) is 12.3. The number of nitrogens with zero attached hydrogens (tertiary/aromatic N) is 3. The van der Waals surface area contributed by atoms with Crippen LogP contribution in [0.4, 0.5) is 0 Å². The van der Waals surface area contributed by atoms with E-state index in [2.05, 4.69) is 61.8 Å². The number of fused-ring (bicyclic) bond motifs is 2. The molecule has 0 bridgehead atoms. The summed E-state index contributed by atoms with van der Waals surface area (Å²) in [6.45, 7) is 8.71. The van der Waals surface area contributed by atoms with E-state index in [1.807, 2.05) is 11.3 Å². The quantitative estimate of drug-likeness (QED) is 0.346. The molecule has 0 amide bonds. The van der Waals surface area contributed by atoms with Gasteiger partial charge in [-0.05, 0) is 113 Å². The second-order valence-electron chi connectivity index (χ2n) is 10.4. The lowest BCUT2D eigenvalue weighted by Crippen LogP contribution is -2.04. The average Bonchev–Trinajstić information content (AvgIpc) is 3.24. The molecule has 2 fully saturated rings. The van der Waals surface area contributed by atoms with E-state index in [1.165, 1.54) is 76.0 Å². The summed E-state index contributed by atoms with van der Waals surface area (Å²) in [4.78, 5) is 11.4. The highest BCUT2D eigenvalue weighted by atomic mass is 79.9. The number of benzene rings is 1. The predicted molar refractivity (Wildman–Crippen MR) is 141 cm³/mol. The number of hydrogen-bond acceptors (Lipinski definition) is 4. The van der Waals surface area contributed by atoms with Gasteiger partial charge in [-0.15, -0.1) is 11.3 Å². The summed E-state index contributed by atoms with van der Waals surface area (Å²) in [6, 6.07) is 6.83. The van der Waals surface area contributed by atoms with Gasteiger partial charge >= 0.3 is 0 Å². The first kappa shape index (κ1) is 23.0. The molecule has 0 aliphatic heterocycles. The van der Waals surface area contributed by atoms with Crippen molar-refractivity contribution in [2.24, 2.45) is 17.8 Å². The van der Waals surface area contributed by atoms with Gasteiger partial charge in [0.1, 0.15) is 5.82 Å². The first-order valence-corrected chi connectivity index (χ1v) is 13.9. The normalized spacial score (nSPS) is 25.1. The van der Waals surface area contributed by atoms with Crippen LogP contribution in [0.1, 0.15) is 78.4 Å². The van der Waals surface area contributed by atoms with Crippen molar-refractivity contribution in [3.63, 3.8) is 0 Å². The fraction of sp³-hybridized carbons (Fsp3) is 0.536. The maximum atomic E-state index is 9.12. The van der Waals surface area contributed by atoms with E-state index in [1.54, 1.807) is 0 Å². The molecule has 2 aromatic heterocycles. The summed E-state index contributed by atoms with van der Waals surface area (Å²) >= 11 is 5.54. The third-order valence-electron chi connectivity index (χ3n) is 8.09. The number of halogens is 1. The topological polar surface area (TPSA) is 49.6 Å². The van der Waals surface area contributed by atoms with Crippen molar-refractivity contribution in [3.05, 3.63) is 44.1 Å². The van der Waals surface area contributed by atoms with E-state index in [9.17, 15) is 0 Å². The Kier molecular flexibility index (Phi) is 6.35. The lowest BCUT2D eigenvalue weighted by molar-refractivity contribution is 0.367. The number of rotatable bonds is 3. The van der Waals surface area contributed by atoms with Gasteiger partial charge in [0.05, 0.1) is 22.0 Å². The lowest BCUT2D eigenvalue weighted by Gasteiger charge is -2.15. The molecule has 2 aliphatic carbocycles. The molecule has 3 nitrogen and oxygen atoms in total. The second-order valence-corrected chi connectivity index (χ2v) is 12.5. The average molecular weight is 523 g/mol. The molecule has 0 N–H and O–H groups in total. The molecule has 0 spiro atoms. The zero-order valence-electron chi connectivity index (χ0n) is 20.0. The van der Waals surface area contributed by atoms with Crippen LogP contribution in [0.5, 0.6) is 0 Å². The SMILES string of the molecule is Cc1nc(C2CC3CCC(CC#N)CCC3C2)c2sc(C)c(-c3c(C)cc(Br)cc3C)c2n1. The van der Waals surface area contributed by atoms with Crippen LogP contribution in [0.2, 0.25) is 0 Å². The molecule has 2 atom stereocenters. The van der Waals surface area contributed by atoms with Crippen molar-refractivity contribution in [1.82, 2.24) is 9.97 Å². The summed E-state index contributed by atoms with van der Waals surface area (Å²) < 4.78 is 2.44. The fourth-order valence-corrected chi connectivity index (χ4v) is 8.48. The van der Waals surface area contributed by atoms with E-state index in [4.69, 9.17) is 15.2 Å². The molecule has 2 heterocycles. The van der Waals surface area contributed by atoms with Crippen LogP contribution in [0.3, 0.4) is 0 Å². The third-order valence-corrected chi connectivity index (χ3v) is 9.67. The van der Waals surface area contributed by atoms with Crippen LogP contribution in [0.15, 0.2) is 16.6 Å². The van der Waals surface area contributed by atoms with Gasteiger partial charge in [-0.2, -0.15) is 5.26 Å². The minimum absolute atomic E-state index is 0.537. The largest absolute Gasteiger partial charge is 0.236 e. The van der Waals surface area contributed by atoms with Gasteiger partial charge in [-0.3, -0.25) is 0 Å². The van der Waals surface area contributed by atoms with Gasteiger partial charge in [0.15, 0.2) is 0 Å². The summed E-state index contributed by atoms with van der Waals surface area (Å²) in [5.41, 5.74) is 7.65. The molecule has 5 heteroatoms. The number of aromatic nitrogens is 2. The van der Waals surface area contributed by atoms with Gasteiger partial charge in [0, 0.05) is 27.3 Å². The molecule has 0 radical (unpaired) electrons. The van der Waals surface area contributed by atoms with Gasteiger partial charge < -0.3 is 0 Å². The van der Waals surface area contributed by atoms with E-state index in [0.29, 0.717) is 11.8 Å². The zero-order valence-corrected chi connectivity index (χ0v) is 22.4. The predicted octanol–water partition coefficient (Wildman–Crippen LogP) is 8.57. The molecule has 1 aromatic carbocycles. The highest BCUT2D eigenvalue weighted by Gasteiger charge is 2.38. The van der Waals surface area contributed by atoms with Crippen molar-refractivity contribution >= 4 is 37.5 Å². The van der Waals surface area contributed by atoms with Crippen LogP contribution in [-0.2, 0) is 0 Å². The van der Waals surface area contributed by atoms with Gasteiger partial charge in [-0.1, -0.05) is 15.9 Å². The van der Waals surface area contributed by atoms with Crippen molar-refractivity contribution in [2.45, 2.75) is 78.6 Å². The van der Waals surface area contributed by atoms with Crippen LogP contribution in [-0.4, -0.2) is 9.97 Å². The fourth-order valence-electron chi connectivity index (χ4n) is 6.62. The van der Waals surface area contributed by atoms with E-state index < -0.39 is 0 Å². The van der Waals surface area contributed by atoms with Crippen LogP contribution < -0.4 is 0 Å². The molecule has 172 valence electrons. The van der Waals surface area contributed by atoms with Gasteiger partial charge in [-0.25, -0.2) is 9.97 Å². The van der Waals surface area contributed by atoms with E-state index in [0.717, 1.165) is 34.1 Å². The van der Waals surface area contributed by atoms with Crippen LogP contribution in [0.25, 0.3) is 21.3 Å². The molecule has 5 rings (SSSR count). The number of hydrogen-bond donors (Lipinski definition) is 0. The van der Waals surface area contributed by atoms with Crippen molar-refractivity contribution in [2.75, 3.05) is 0 Å². The van der Waals surface area contributed by atoms with Crippen LogP contribution >= 0.6 is 27.3 Å².